The van der Waals surface area contributed by atoms with E-state index < -0.39 is 0 Å². The number of rotatable bonds is 6. The highest BCUT2D eigenvalue weighted by molar-refractivity contribution is 5.85. The molecule has 1 saturated heterocycles. The van der Waals surface area contributed by atoms with Gasteiger partial charge in [-0.15, -0.1) is 12.4 Å². The molecule has 0 spiro atoms. The molecule has 0 amide bonds. The molecule has 0 atom stereocenters. The van der Waals surface area contributed by atoms with Gasteiger partial charge in [0.05, 0.1) is 20.3 Å². The van der Waals surface area contributed by atoms with Gasteiger partial charge in [0.2, 0.25) is 17.8 Å². The van der Waals surface area contributed by atoms with E-state index >= 15 is 0 Å². The maximum atomic E-state index is 13.5. The Morgan fingerprint density at radius 2 is 1.60 bits per heavy atom. The summed E-state index contributed by atoms with van der Waals surface area (Å²) in [4.78, 5) is 15.5. The predicted octanol–water partition coefficient (Wildman–Crippen LogP) is 3.76. The lowest BCUT2D eigenvalue weighted by molar-refractivity contribution is 0.122. The molecule has 1 fully saturated rings. The maximum absolute atomic E-state index is 13.5. The van der Waals surface area contributed by atoms with Gasteiger partial charge in [-0.05, 0) is 42.5 Å². The predicted molar refractivity (Wildman–Crippen MR) is 116 cm³/mol. The highest BCUT2D eigenvalue weighted by atomic mass is 35.5. The van der Waals surface area contributed by atoms with Gasteiger partial charge in [0.1, 0.15) is 11.6 Å². The van der Waals surface area contributed by atoms with E-state index in [0.29, 0.717) is 49.8 Å². The van der Waals surface area contributed by atoms with Crippen LogP contribution in [-0.2, 0) is 4.74 Å². The fraction of sp³-hybridized carbons (Fsp3) is 0.250. The molecule has 0 aliphatic carbocycles. The Bertz CT molecular complexity index is 970. The van der Waals surface area contributed by atoms with Gasteiger partial charge in [-0.3, -0.25) is 0 Å². The van der Waals surface area contributed by atoms with Crippen molar-refractivity contribution >= 4 is 41.6 Å². The standard InChI is InChI=1S/C20H21FN6O2.ClH/c1-28-17-7-5-15(6-8-17)22-18-24-19(23-16-4-2-3-14(21)13-16)26-20(25-18)27-9-11-29-12-10-27;/h2-8,13H,9-12H2,1H3,(H2,22,23,24,25,26);1H. The van der Waals surface area contributed by atoms with Crippen LogP contribution in [0.15, 0.2) is 48.5 Å². The summed E-state index contributed by atoms with van der Waals surface area (Å²) in [6.07, 6.45) is 0. The van der Waals surface area contributed by atoms with E-state index in [4.69, 9.17) is 9.47 Å². The van der Waals surface area contributed by atoms with Crippen LogP contribution in [0.5, 0.6) is 5.75 Å². The Kier molecular flexibility index (Phi) is 7.21. The van der Waals surface area contributed by atoms with Crippen molar-refractivity contribution in [3.8, 4) is 5.75 Å². The molecule has 0 unspecified atom stereocenters. The lowest BCUT2D eigenvalue weighted by Gasteiger charge is -2.27. The van der Waals surface area contributed by atoms with Crippen LogP contribution in [0.25, 0.3) is 0 Å². The fourth-order valence-electron chi connectivity index (χ4n) is 2.88. The Hall–Kier alpha value is -3.17. The van der Waals surface area contributed by atoms with Gasteiger partial charge >= 0.3 is 0 Å². The van der Waals surface area contributed by atoms with Gasteiger partial charge in [0, 0.05) is 24.5 Å². The van der Waals surface area contributed by atoms with Gasteiger partial charge in [-0.25, -0.2) is 4.39 Å². The summed E-state index contributed by atoms with van der Waals surface area (Å²) in [6, 6.07) is 13.6. The minimum Gasteiger partial charge on any atom is -0.497 e. The van der Waals surface area contributed by atoms with Crippen molar-refractivity contribution in [2.24, 2.45) is 0 Å². The van der Waals surface area contributed by atoms with Crippen LogP contribution in [0.3, 0.4) is 0 Å². The number of anilines is 5. The van der Waals surface area contributed by atoms with Crippen molar-refractivity contribution < 1.29 is 13.9 Å². The third-order valence-electron chi connectivity index (χ3n) is 4.34. The van der Waals surface area contributed by atoms with Gasteiger partial charge in [0.15, 0.2) is 0 Å². The molecule has 0 radical (unpaired) electrons. The minimum absolute atomic E-state index is 0. The quantitative estimate of drug-likeness (QED) is 0.609. The third kappa shape index (κ3) is 5.46. The van der Waals surface area contributed by atoms with Crippen LogP contribution >= 0.6 is 12.4 Å². The molecule has 10 heteroatoms. The Morgan fingerprint density at radius 1 is 0.933 bits per heavy atom. The molecule has 8 nitrogen and oxygen atoms in total. The molecule has 2 aromatic carbocycles. The zero-order valence-corrected chi connectivity index (χ0v) is 17.2. The lowest BCUT2D eigenvalue weighted by atomic mass is 10.3. The number of nitrogens with one attached hydrogen (secondary N) is 2. The number of aromatic nitrogens is 3. The SMILES string of the molecule is COc1ccc(Nc2nc(Nc3cccc(F)c3)nc(N3CCOCC3)n2)cc1.Cl. The van der Waals surface area contributed by atoms with Crippen molar-refractivity contribution in [1.82, 2.24) is 15.0 Å². The summed E-state index contributed by atoms with van der Waals surface area (Å²) in [5.41, 5.74) is 1.36. The number of nitrogens with zero attached hydrogens (tertiary/aromatic N) is 4. The summed E-state index contributed by atoms with van der Waals surface area (Å²) >= 11 is 0. The van der Waals surface area contributed by atoms with Crippen molar-refractivity contribution in [2.75, 3.05) is 48.9 Å². The first-order valence-electron chi connectivity index (χ1n) is 9.22. The van der Waals surface area contributed by atoms with E-state index in [1.165, 1.54) is 12.1 Å². The second-order valence-electron chi connectivity index (χ2n) is 6.37. The smallest absolute Gasteiger partial charge is 0.233 e. The van der Waals surface area contributed by atoms with Gasteiger partial charge < -0.3 is 25.0 Å². The number of halogens is 2. The zero-order valence-electron chi connectivity index (χ0n) is 16.3. The number of morpholine rings is 1. The fourth-order valence-corrected chi connectivity index (χ4v) is 2.88. The van der Waals surface area contributed by atoms with Crippen molar-refractivity contribution in [3.63, 3.8) is 0 Å². The number of ether oxygens (including phenoxy) is 2. The van der Waals surface area contributed by atoms with Crippen LogP contribution in [0.2, 0.25) is 0 Å². The molecular weight excluding hydrogens is 411 g/mol. The van der Waals surface area contributed by atoms with E-state index in [9.17, 15) is 4.39 Å². The second-order valence-corrected chi connectivity index (χ2v) is 6.37. The van der Waals surface area contributed by atoms with Crippen LogP contribution in [-0.4, -0.2) is 48.4 Å². The lowest BCUT2D eigenvalue weighted by Crippen LogP contribution is -2.37. The molecule has 1 aliphatic heterocycles. The maximum Gasteiger partial charge on any atom is 0.233 e. The first-order valence-corrected chi connectivity index (χ1v) is 9.22. The van der Waals surface area contributed by atoms with E-state index in [1.54, 1.807) is 19.2 Å². The highest BCUT2D eigenvalue weighted by Crippen LogP contribution is 2.22. The first kappa shape index (κ1) is 21.5. The summed E-state index contributed by atoms with van der Waals surface area (Å²) in [5.74, 6) is 1.65. The van der Waals surface area contributed by atoms with Gasteiger partial charge in [-0.1, -0.05) is 6.07 Å². The minimum atomic E-state index is -0.339. The summed E-state index contributed by atoms with van der Waals surface area (Å²) < 4.78 is 24.1. The molecule has 0 bridgehead atoms. The summed E-state index contributed by atoms with van der Waals surface area (Å²) in [7, 11) is 1.62. The average Bonchev–Trinajstić information content (AvgIpc) is 2.75. The number of benzene rings is 2. The van der Waals surface area contributed by atoms with E-state index in [0.717, 1.165) is 11.4 Å². The van der Waals surface area contributed by atoms with Gasteiger partial charge in [-0.2, -0.15) is 15.0 Å². The van der Waals surface area contributed by atoms with Crippen LogP contribution in [0.1, 0.15) is 0 Å². The molecule has 1 aliphatic rings. The van der Waals surface area contributed by atoms with E-state index in [1.807, 2.05) is 29.2 Å². The van der Waals surface area contributed by atoms with Gasteiger partial charge in [0.25, 0.3) is 0 Å². The topological polar surface area (TPSA) is 84.4 Å². The average molecular weight is 433 g/mol. The normalized spacial score (nSPS) is 13.3. The van der Waals surface area contributed by atoms with E-state index in [2.05, 4.69) is 25.6 Å². The first-order chi connectivity index (χ1) is 14.2. The molecule has 3 aromatic rings. The molecule has 1 aromatic heterocycles. The molecule has 4 rings (SSSR count). The summed E-state index contributed by atoms with van der Waals surface area (Å²) in [6.45, 7) is 2.59. The van der Waals surface area contributed by atoms with Crippen molar-refractivity contribution in [1.29, 1.82) is 0 Å². The number of methoxy groups -OCH3 is 1. The van der Waals surface area contributed by atoms with Crippen LogP contribution in [0.4, 0.5) is 33.6 Å². The Balaban J connectivity index is 0.00000256. The van der Waals surface area contributed by atoms with Crippen LogP contribution in [0, 0.1) is 5.82 Å². The molecule has 2 heterocycles. The monoisotopic (exact) mass is 432 g/mol. The zero-order chi connectivity index (χ0) is 20.1. The van der Waals surface area contributed by atoms with Crippen molar-refractivity contribution in [2.45, 2.75) is 0 Å². The molecular formula is C20H22ClFN6O2. The molecule has 158 valence electrons. The number of hydrogen-bond acceptors (Lipinski definition) is 8. The van der Waals surface area contributed by atoms with E-state index in [-0.39, 0.29) is 18.2 Å². The number of hydrogen-bond donors (Lipinski definition) is 2. The molecule has 30 heavy (non-hydrogen) atoms. The Labute approximate surface area is 179 Å². The van der Waals surface area contributed by atoms with Crippen molar-refractivity contribution in [3.05, 3.63) is 54.3 Å². The molecule has 2 N–H and O–H groups in total. The third-order valence-corrected chi connectivity index (χ3v) is 4.34. The largest absolute Gasteiger partial charge is 0.497 e. The highest BCUT2D eigenvalue weighted by Gasteiger charge is 2.17. The van der Waals surface area contributed by atoms with Crippen LogP contribution < -0.4 is 20.3 Å². The Morgan fingerprint density at radius 3 is 2.23 bits per heavy atom. The summed E-state index contributed by atoms with van der Waals surface area (Å²) in [5, 5.41) is 6.23. The second kappa shape index (κ2) is 10.0. The molecule has 0 saturated carbocycles.